The Hall–Kier alpha value is -1.77. The smallest absolute Gasteiger partial charge is 0.0992 e. The molecule has 0 fully saturated rings. The number of hydrogen-bond acceptors (Lipinski definition) is 5. The van der Waals surface area contributed by atoms with E-state index in [4.69, 9.17) is 11.0 Å². The van der Waals surface area contributed by atoms with Gasteiger partial charge in [0.1, 0.15) is 0 Å². The van der Waals surface area contributed by atoms with Crippen LogP contribution in [0.5, 0.6) is 0 Å². The molecule has 0 saturated carbocycles. The standard InChI is InChI=1S/C13H20N4O/c1-13(18,9-17(2)3)8-16-12-6-10(7-14)4-5-11(12)15/h4-6,16,18H,8-9,15H2,1-3H3. The highest BCUT2D eigenvalue weighted by atomic mass is 16.3. The molecule has 0 saturated heterocycles. The van der Waals surface area contributed by atoms with E-state index in [-0.39, 0.29) is 0 Å². The highest BCUT2D eigenvalue weighted by Crippen LogP contribution is 2.20. The minimum atomic E-state index is -0.863. The Balaban J connectivity index is 2.71. The number of nitrogen functional groups attached to an aromatic ring is 1. The van der Waals surface area contributed by atoms with E-state index in [0.717, 1.165) is 0 Å². The van der Waals surface area contributed by atoms with Crippen LogP contribution in [0.1, 0.15) is 12.5 Å². The Kier molecular flexibility index (Phi) is 4.54. The van der Waals surface area contributed by atoms with Gasteiger partial charge in [-0.1, -0.05) is 0 Å². The minimum Gasteiger partial charge on any atom is -0.397 e. The number of aliphatic hydroxyl groups is 1. The normalized spacial score (nSPS) is 14.0. The van der Waals surface area contributed by atoms with Gasteiger partial charge in [-0.3, -0.25) is 0 Å². The van der Waals surface area contributed by atoms with E-state index in [1.54, 1.807) is 25.1 Å². The summed E-state index contributed by atoms with van der Waals surface area (Å²) in [6.45, 7) is 2.66. The van der Waals surface area contributed by atoms with Crippen LogP contribution in [0.15, 0.2) is 18.2 Å². The van der Waals surface area contributed by atoms with Crippen LogP contribution in [-0.2, 0) is 0 Å². The van der Waals surface area contributed by atoms with Gasteiger partial charge in [-0.2, -0.15) is 5.26 Å². The molecule has 0 spiro atoms. The van der Waals surface area contributed by atoms with E-state index in [2.05, 4.69) is 11.4 Å². The first-order valence-corrected chi connectivity index (χ1v) is 5.75. The highest BCUT2D eigenvalue weighted by Gasteiger charge is 2.21. The zero-order valence-corrected chi connectivity index (χ0v) is 11.1. The number of likely N-dealkylation sites (N-methyl/N-ethyl adjacent to an activating group) is 1. The van der Waals surface area contributed by atoms with Crippen LogP contribution in [0.4, 0.5) is 11.4 Å². The van der Waals surface area contributed by atoms with E-state index in [0.29, 0.717) is 30.0 Å². The summed E-state index contributed by atoms with van der Waals surface area (Å²) < 4.78 is 0. The summed E-state index contributed by atoms with van der Waals surface area (Å²) in [5, 5.41) is 22.1. The number of rotatable bonds is 5. The monoisotopic (exact) mass is 248 g/mol. The predicted molar refractivity (Wildman–Crippen MR) is 73.2 cm³/mol. The van der Waals surface area contributed by atoms with Crippen LogP contribution < -0.4 is 11.1 Å². The van der Waals surface area contributed by atoms with Crippen LogP contribution in [0, 0.1) is 11.3 Å². The van der Waals surface area contributed by atoms with E-state index >= 15 is 0 Å². The van der Waals surface area contributed by atoms with Gasteiger partial charge >= 0.3 is 0 Å². The Labute approximate surface area is 108 Å². The maximum atomic E-state index is 10.2. The molecule has 1 rings (SSSR count). The van der Waals surface area contributed by atoms with Crippen molar-refractivity contribution in [2.24, 2.45) is 0 Å². The fourth-order valence-corrected chi connectivity index (χ4v) is 1.80. The van der Waals surface area contributed by atoms with Crippen molar-refractivity contribution < 1.29 is 5.11 Å². The number of benzene rings is 1. The third-order valence-corrected chi connectivity index (χ3v) is 2.50. The molecule has 1 aromatic rings. The van der Waals surface area contributed by atoms with Crippen LogP contribution in [0.25, 0.3) is 0 Å². The summed E-state index contributed by atoms with van der Waals surface area (Å²) in [5.74, 6) is 0. The first-order chi connectivity index (χ1) is 8.34. The van der Waals surface area contributed by atoms with Crippen molar-refractivity contribution in [3.8, 4) is 6.07 Å². The van der Waals surface area contributed by atoms with Crippen molar-refractivity contribution in [3.05, 3.63) is 23.8 Å². The molecule has 0 amide bonds. The Morgan fingerprint density at radius 3 is 2.72 bits per heavy atom. The van der Waals surface area contributed by atoms with Crippen molar-refractivity contribution in [3.63, 3.8) is 0 Å². The summed E-state index contributed by atoms with van der Waals surface area (Å²) >= 11 is 0. The van der Waals surface area contributed by atoms with Gasteiger partial charge in [0.15, 0.2) is 0 Å². The van der Waals surface area contributed by atoms with Crippen LogP contribution in [-0.4, -0.2) is 42.8 Å². The Morgan fingerprint density at radius 1 is 1.50 bits per heavy atom. The summed E-state index contributed by atoms with van der Waals surface area (Å²) in [6, 6.07) is 7.09. The molecule has 0 radical (unpaired) electrons. The zero-order chi connectivity index (χ0) is 13.8. The molecule has 5 heteroatoms. The van der Waals surface area contributed by atoms with Crippen molar-refractivity contribution in [1.82, 2.24) is 4.90 Å². The first-order valence-electron chi connectivity index (χ1n) is 5.75. The fraction of sp³-hybridized carbons (Fsp3) is 0.462. The Morgan fingerprint density at radius 2 is 2.17 bits per heavy atom. The number of nitrogens with zero attached hydrogens (tertiary/aromatic N) is 2. The molecule has 0 heterocycles. The molecule has 1 atom stereocenters. The van der Waals surface area contributed by atoms with Crippen molar-refractivity contribution in [2.45, 2.75) is 12.5 Å². The SMILES string of the molecule is CN(C)CC(C)(O)CNc1cc(C#N)ccc1N. The molecule has 4 N–H and O–H groups in total. The quantitative estimate of drug-likeness (QED) is 0.673. The van der Waals surface area contributed by atoms with E-state index < -0.39 is 5.60 Å². The second kappa shape index (κ2) is 5.71. The molecule has 0 aliphatic heterocycles. The highest BCUT2D eigenvalue weighted by molar-refractivity contribution is 5.68. The fourth-order valence-electron chi connectivity index (χ4n) is 1.80. The van der Waals surface area contributed by atoms with Crippen LogP contribution in [0.2, 0.25) is 0 Å². The summed E-state index contributed by atoms with van der Waals surface area (Å²) in [4.78, 5) is 1.91. The minimum absolute atomic E-state index is 0.365. The predicted octanol–water partition coefficient (Wildman–Crippen LogP) is 0.865. The topological polar surface area (TPSA) is 85.3 Å². The number of hydrogen-bond donors (Lipinski definition) is 3. The van der Waals surface area contributed by atoms with Gasteiger partial charge in [-0.25, -0.2) is 0 Å². The maximum Gasteiger partial charge on any atom is 0.0992 e. The third-order valence-electron chi connectivity index (χ3n) is 2.50. The van der Waals surface area contributed by atoms with Crippen LogP contribution in [0.3, 0.4) is 0 Å². The van der Waals surface area contributed by atoms with Gasteiger partial charge in [0.2, 0.25) is 0 Å². The molecule has 1 aromatic carbocycles. The van der Waals surface area contributed by atoms with E-state index in [1.807, 2.05) is 19.0 Å². The lowest BCUT2D eigenvalue weighted by molar-refractivity contribution is 0.0460. The molecule has 0 aliphatic rings. The second-order valence-corrected chi connectivity index (χ2v) is 5.00. The molecule has 5 nitrogen and oxygen atoms in total. The maximum absolute atomic E-state index is 10.2. The Bertz CT molecular complexity index is 449. The van der Waals surface area contributed by atoms with Gasteiger partial charge in [0.05, 0.1) is 28.6 Å². The zero-order valence-electron chi connectivity index (χ0n) is 11.1. The second-order valence-electron chi connectivity index (χ2n) is 5.00. The lowest BCUT2D eigenvalue weighted by Gasteiger charge is -2.27. The van der Waals surface area contributed by atoms with E-state index in [9.17, 15) is 5.11 Å². The molecular formula is C13H20N4O. The number of nitrogens with two attached hydrogens (primary N) is 1. The molecule has 0 aliphatic carbocycles. The first kappa shape index (κ1) is 14.3. The largest absolute Gasteiger partial charge is 0.397 e. The lowest BCUT2D eigenvalue weighted by atomic mass is 10.1. The van der Waals surface area contributed by atoms with Gasteiger partial charge in [0, 0.05) is 13.1 Å². The van der Waals surface area contributed by atoms with Gasteiger partial charge in [0.25, 0.3) is 0 Å². The third kappa shape index (κ3) is 4.24. The molecular weight excluding hydrogens is 228 g/mol. The lowest BCUT2D eigenvalue weighted by Crippen LogP contribution is -2.43. The van der Waals surface area contributed by atoms with Crippen LogP contribution >= 0.6 is 0 Å². The number of nitrogens with one attached hydrogen (secondary N) is 1. The molecule has 1 unspecified atom stereocenters. The van der Waals surface area contributed by atoms with Crippen molar-refractivity contribution in [2.75, 3.05) is 38.2 Å². The van der Waals surface area contributed by atoms with Gasteiger partial charge < -0.3 is 21.1 Å². The van der Waals surface area contributed by atoms with Crippen molar-refractivity contribution >= 4 is 11.4 Å². The van der Waals surface area contributed by atoms with Gasteiger partial charge in [-0.05, 0) is 39.2 Å². The average molecular weight is 248 g/mol. The summed E-state index contributed by atoms with van der Waals surface area (Å²) in [5.41, 5.74) is 6.73. The molecule has 98 valence electrons. The van der Waals surface area contributed by atoms with Crippen molar-refractivity contribution in [1.29, 1.82) is 5.26 Å². The summed E-state index contributed by atoms with van der Waals surface area (Å²) in [7, 11) is 3.80. The molecule has 0 bridgehead atoms. The number of anilines is 2. The van der Waals surface area contributed by atoms with Gasteiger partial charge in [-0.15, -0.1) is 0 Å². The molecule has 18 heavy (non-hydrogen) atoms. The summed E-state index contributed by atoms with van der Waals surface area (Å²) in [6.07, 6.45) is 0. The molecule has 0 aromatic heterocycles. The number of nitriles is 1. The van der Waals surface area contributed by atoms with E-state index in [1.165, 1.54) is 0 Å². The average Bonchev–Trinajstić information content (AvgIpc) is 2.26.